The number of quaternary nitrogens is 1. The highest BCUT2D eigenvalue weighted by Crippen LogP contribution is 2.32. The first kappa shape index (κ1) is 15.2. The minimum Gasteiger partial charge on any atom is -0.741 e. The molecule has 0 aromatic carbocycles. The average Bonchev–Trinajstić information content (AvgIpc) is 2.16. The summed E-state index contributed by atoms with van der Waals surface area (Å²) in [7, 11) is -6.09. The van der Waals surface area contributed by atoms with Crippen molar-refractivity contribution in [3.05, 3.63) is 0 Å². The number of piperidine rings is 3. The van der Waals surface area contributed by atoms with Crippen LogP contribution in [-0.4, -0.2) is 42.4 Å². The summed E-state index contributed by atoms with van der Waals surface area (Å²) in [6.45, 7) is 4.22. The largest absolute Gasteiger partial charge is 0.741 e. The lowest BCUT2D eigenvalue weighted by molar-refractivity contribution is -0.914. The fraction of sp³-hybridized carbons (Fsp3) is 1.00. The SMILES string of the molecule is BrC12CC[NH+](CC1)CC2.O=S(=O)([O-])C(F)(F)F. The van der Waals surface area contributed by atoms with Crippen LogP contribution in [-0.2, 0) is 10.1 Å². The molecule has 3 rings (SSSR count). The molecule has 0 radical (unpaired) electrons. The molecule has 3 heterocycles. The van der Waals surface area contributed by atoms with Gasteiger partial charge in [0.25, 0.3) is 0 Å². The van der Waals surface area contributed by atoms with Gasteiger partial charge in [0.1, 0.15) is 0 Å². The zero-order valence-corrected chi connectivity index (χ0v) is 11.3. The molecular weight excluding hydrogens is 327 g/mol. The van der Waals surface area contributed by atoms with Gasteiger partial charge in [-0.1, -0.05) is 15.9 Å². The monoisotopic (exact) mass is 339 g/mol. The number of rotatable bonds is 0. The maximum Gasteiger partial charge on any atom is 0.485 e. The minimum atomic E-state index is -6.09. The summed E-state index contributed by atoms with van der Waals surface area (Å²) in [5, 5.41) is 0. The Morgan fingerprint density at radius 3 is 1.53 bits per heavy atom. The summed E-state index contributed by atoms with van der Waals surface area (Å²) < 4.78 is 59.5. The number of alkyl halides is 4. The van der Waals surface area contributed by atoms with Crippen LogP contribution in [0.3, 0.4) is 0 Å². The van der Waals surface area contributed by atoms with Gasteiger partial charge in [0.15, 0.2) is 10.1 Å². The highest BCUT2D eigenvalue weighted by atomic mass is 79.9. The van der Waals surface area contributed by atoms with Crippen molar-refractivity contribution >= 4 is 26.0 Å². The van der Waals surface area contributed by atoms with Crippen LogP contribution in [0.5, 0.6) is 0 Å². The Labute approximate surface area is 106 Å². The van der Waals surface area contributed by atoms with Gasteiger partial charge >= 0.3 is 5.51 Å². The first-order chi connectivity index (χ1) is 7.54. The molecule has 9 heteroatoms. The van der Waals surface area contributed by atoms with E-state index in [1.807, 2.05) is 4.90 Å². The molecule has 0 aliphatic carbocycles. The van der Waals surface area contributed by atoms with Crippen LogP contribution in [0.15, 0.2) is 0 Å². The van der Waals surface area contributed by atoms with E-state index >= 15 is 0 Å². The summed E-state index contributed by atoms with van der Waals surface area (Å²) in [5.74, 6) is 0. The van der Waals surface area contributed by atoms with Crippen molar-refractivity contribution in [1.29, 1.82) is 0 Å². The van der Waals surface area contributed by atoms with Gasteiger partial charge in [0, 0.05) is 23.6 Å². The Morgan fingerprint density at radius 1 is 1.12 bits per heavy atom. The van der Waals surface area contributed by atoms with Crippen molar-refractivity contribution in [2.24, 2.45) is 0 Å². The van der Waals surface area contributed by atoms with Crippen molar-refractivity contribution in [3.63, 3.8) is 0 Å². The van der Waals surface area contributed by atoms with Gasteiger partial charge < -0.3 is 9.45 Å². The smallest absolute Gasteiger partial charge is 0.485 e. The van der Waals surface area contributed by atoms with E-state index in [1.54, 1.807) is 0 Å². The van der Waals surface area contributed by atoms with Gasteiger partial charge in [-0.05, 0) is 0 Å². The number of hydrogen-bond acceptors (Lipinski definition) is 3. The molecule has 0 aromatic heterocycles. The second-order valence-electron chi connectivity index (χ2n) is 4.30. The molecule has 3 saturated heterocycles. The van der Waals surface area contributed by atoms with Crippen LogP contribution in [0, 0.1) is 0 Å². The quantitative estimate of drug-likeness (QED) is 0.391. The average molecular weight is 340 g/mol. The molecule has 3 aliphatic heterocycles. The second-order valence-corrected chi connectivity index (χ2v) is 7.35. The Morgan fingerprint density at radius 2 is 1.41 bits per heavy atom. The third-order valence-electron chi connectivity index (χ3n) is 3.06. The maximum absolute atomic E-state index is 10.7. The van der Waals surface area contributed by atoms with E-state index < -0.39 is 15.6 Å². The normalized spacial score (nSPS) is 32.9. The van der Waals surface area contributed by atoms with Gasteiger partial charge in [-0.15, -0.1) is 0 Å². The van der Waals surface area contributed by atoms with Gasteiger partial charge in [0.2, 0.25) is 0 Å². The van der Waals surface area contributed by atoms with E-state index in [9.17, 15) is 13.2 Å². The fourth-order valence-electron chi connectivity index (χ4n) is 1.95. The molecule has 0 unspecified atom stereocenters. The molecular formula is C8H13BrF3NO3S. The van der Waals surface area contributed by atoms with Crippen molar-refractivity contribution in [2.45, 2.75) is 29.1 Å². The van der Waals surface area contributed by atoms with E-state index in [2.05, 4.69) is 15.9 Å². The topological polar surface area (TPSA) is 61.6 Å². The van der Waals surface area contributed by atoms with Crippen LogP contribution >= 0.6 is 15.9 Å². The van der Waals surface area contributed by atoms with E-state index in [0.717, 1.165) is 0 Å². The molecule has 2 bridgehead atoms. The number of halogens is 4. The molecule has 3 fully saturated rings. The number of nitrogens with one attached hydrogen (secondary N) is 1. The summed E-state index contributed by atoms with van der Waals surface area (Å²) in [6.07, 6.45) is 4.22. The van der Waals surface area contributed by atoms with Crippen molar-refractivity contribution in [1.82, 2.24) is 0 Å². The third-order valence-corrected chi connectivity index (χ3v) is 4.82. The molecule has 102 valence electrons. The van der Waals surface area contributed by atoms with E-state index in [1.165, 1.54) is 38.9 Å². The molecule has 4 nitrogen and oxygen atoms in total. The predicted molar refractivity (Wildman–Crippen MR) is 56.8 cm³/mol. The summed E-state index contributed by atoms with van der Waals surface area (Å²) >= 11 is 3.82. The zero-order chi connectivity index (χ0) is 13.3. The molecule has 0 amide bonds. The second kappa shape index (κ2) is 5.02. The van der Waals surface area contributed by atoms with Crippen molar-refractivity contribution in [3.8, 4) is 0 Å². The van der Waals surface area contributed by atoms with E-state index in [-0.39, 0.29) is 0 Å². The molecule has 17 heavy (non-hydrogen) atoms. The molecule has 0 aromatic rings. The lowest BCUT2D eigenvalue weighted by atomic mass is 9.88. The van der Waals surface area contributed by atoms with Crippen LogP contribution in [0.1, 0.15) is 19.3 Å². The zero-order valence-electron chi connectivity index (χ0n) is 8.89. The third kappa shape index (κ3) is 4.38. The van der Waals surface area contributed by atoms with Gasteiger partial charge in [-0.2, -0.15) is 13.2 Å². The number of hydrogen-bond donors (Lipinski definition) is 1. The van der Waals surface area contributed by atoms with Gasteiger partial charge in [-0.25, -0.2) is 8.42 Å². The fourth-order valence-corrected chi connectivity index (χ4v) is 2.55. The molecule has 0 atom stereocenters. The molecule has 0 saturated carbocycles. The number of fused-ring (bicyclic) bond motifs is 3. The highest BCUT2D eigenvalue weighted by Gasteiger charge is 2.39. The van der Waals surface area contributed by atoms with Gasteiger partial charge in [0.05, 0.1) is 19.6 Å². The lowest BCUT2D eigenvalue weighted by Crippen LogP contribution is -3.15. The summed E-state index contributed by atoms with van der Waals surface area (Å²) in [6, 6.07) is 0. The minimum absolute atomic E-state index is 0.578. The molecule has 3 aliphatic rings. The van der Waals surface area contributed by atoms with Crippen LogP contribution in [0.25, 0.3) is 0 Å². The predicted octanol–water partition coefficient (Wildman–Crippen LogP) is 0.254. The Bertz CT molecular complexity index is 349. The van der Waals surface area contributed by atoms with Crippen molar-refractivity contribution in [2.75, 3.05) is 19.6 Å². The Hall–Kier alpha value is 0.140. The molecule has 1 N–H and O–H groups in total. The van der Waals surface area contributed by atoms with E-state index in [0.29, 0.717) is 4.32 Å². The van der Waals surface area contributed by atoms with Gasteiger partial charge in [-0.3, -0.25) is 0 Å². The van der Waals surface area contributed by atoms with Crippen LogP contribution in [0.2, 0.25) is 0 Å². The Kier molecular flexibility index (Phi) is 4.49. The van der Waals surface area contributed by atoms with E-state index in [4.69, 9.17) is 13.0 Å². The van der Waals surface area contributed by atoms with Crippen LogP contribution < -0.4 is 4.90 Å². The highest BCUT2D eigenvalue weighted by molar-refractivity contribution is 9.10. The lowest BCUT2D eigenvalue weighted by Gasteiger charge is -2.41. The maximum atomic E-state index is 10.7. The summed E-state index contributed by atoms with van der Waals surface area (Å²) in [5.41, 5.74) is -5.65. The van der Waals surface area contributed by atoms with Crippen molar-refractivity contribution < 1.29 is 31.0 Å². The summed E-state index contributed by atoms with van der Waals surface area (Å²) in [4.78, 5) is 1.83. The Balaban J connectivity index is 0.000000172. The first-order valence-electron chi connectivity index (χ1n) is 5.08. The van der Waals surface area contributed by atoms with Crippen LogP contribution in [0.4, 0.5) is 13.2 Å². The standard InChI is InChI=1S/C7H12BrN.CHF3O3S/c8-7-1-4-9(5-2-7)6-3-7;2-1(3,4)8(5,6)7/h1-6H2;(H,5,6,7). The first-order valence-corrected chi connectivity index (χ1v) is 7.28. The molecule has 0 spiro atoms.